The van der Waals surface area contributed by atoms with Crippen LogP contribution in [-0.4, -0.2) is 25.8 Å². The standard InChI is InChI=1S/Cu.H2O2.2O.Sn/c;1-2;;;/h;1-2H;;;/q+1;;;-1;+1/p-1. The molecule has 0 aliphatic heterocycles. The van der Waals surface area contributed by atoms with Crippen LogP contribution in [0.15, 0.2) is 0 Å². The van der Waals surface area contributed by atoms with E-state index in [2.05, 4.69) is 3.22 Å². The van der Waals surface area contributed by atoms with E-state index >= 15 is 0 Å². The van der Waals surface area contributed by atoms with E-state index in [1.807, 2.05) is 0 Å². The van der Waals surface area contributed by atoms with Gasteiger partial charge < -0.3 is 0 Å². The molecule has 0 aromatic rings. The van der Waals surface area contributed by atoms with Crippen LogP contribution in [-0.2, 0) is 23.4 Å². The van der Waals surface area contributed by atoms with Crippen molar-refractivity contribution in [3.05, 3.63) is 0 Å². The van der Waals surface area contributed by atoms with Crippen molar-refractivity contribution in [2.24, 2.45) is 0 Å². The Morgan fingerprint density at radius 2 is 2.00 bits per heavy atom. The van der Waals surface area contributed by atoms with Gasteiger partial charge in [0.15, 0.2) is 0 Å². The molecule has 0 aliphatic carbocycles. The first-order valence-electron chi connectivity index (χ1n) is 0.795. The second-order valence-electron chi connectivity index (χ2n) is 0.341. The molecule has 0 aromatic carbocycles. The summed E-state index contributed by atoms with van der Waals surface area (Å²) in [5, 5.41) is 7.11. The molecule has 0 radical (unpaired) electrons. The van der Waals surface area contributed by atoms with E-state index in [1.54, 1.807) is 0 Å². The minimum atomic E-state index is -4.02. The zero-order valence-electron chi connectivity index (χ0n) is 2.47. The van der Waals surface area contributed by atoms with E-state index in [-0.39, 0.29) is 17.1 Å². The SMILES string of the molecule is [Cu+].[O]=[Sn]([O-])[O]O. The second kappa shape index (κ2) is 6.00. The van der Waals surface area contributed by atoms with Crippen molar-refractivity contribution in [1.82, 2.24) is 0 Å². The predicted molar refractivity (Wildman–Crippen MR) is 10.2 cm³/mol. The first-order chi connectivity index (χ1) is 2.27. The molecule has 0 rings (SSSR count). The Labute approximate surface area is 52.7 Å². The Kier molecular flexibility index (Phi) is 10.1. The van der Waals surface area contributed by atoms with Crippen molar-refractivity contribution < 1.29 is 32.1 Å². The third kappa shape index (κ3) is 8.89. The maximum absolute atomic E-state index is 9.06. The van der Waals surface area contributed by atoms with Gasteiger partial charge in [-0.2, -0.15) is 0 Å². The van der Waals surface area contributed by atoms with Crippen LogP contribution < -0.4 is 3.44 Å². The summed E-state index contributed by atoms with van der Waals surface area (Å²) in [4.78, 5) is 0. The Bertz CT molecular complexity index is 42.8. The molecule has 6 heavy (non-hydrogen) atoms. The topological polar surface area (TPSA) is 69.6 Å². The molecule has 0 aliphatic rings. The van der Waals surface area contributed by atoms with E-state index in [0.717, 1.165) is 0 Å². The van der Waals surface area contributed by atoms with Gasteiger partial charge in [-0.25, -0.2) is 0 Å². The molecule has 0 unspecified atom stereocenters. The number of hydrogen-bond donors (Lipinski definition) is 1. The van der Waals surface area contributed by atoms with Crippen LogP contribution in [0.2, 0.25) is 0 Å². The summed E-state index contributed by atoms with van der Waals surface area (Å²) in [6.07, 6.45) is 0. The van der Waals surface area contributed by atoms with Gasteiger partial charge >= 0.3 is 52.6 Å². The first kappa shape index (κ1) is 10.1. The molecule has 0 amide bonds. The second-order valence-corrected chi connectivity index (χ2v) is 2.29. The van der Waals surface area contributed by atoms with Crippen molar-refractivity contribution in [3.8, 4) is 0 Å². The van der Waals surface area contributed by atoms with Gasteiger partial charge in [0.25, 0.3) is 0 Å². The summed E-state index contributed by atoms with van der Waals surface area (Å²) >= 11 is -4.02. The van der Waals surface area contributed by atoms with E-state index in [1.165, 1.54) is 0 Å². The summed E-state index contributed by atoms with van der Waals surface area (Å²) in [6, 6.07) is 0. The molecule has 0 heterocycles. The van der Waals surface area contributed by atoms with Crippen LogP contribution in [0.5, 0.6) is 0 Å². The van der Waals surface area contributed by atoms with Gasteiger partial charge in [0, 0.05) is 0 Å². The molecule has 0 aromatic heterocycles. The van der Waals surface area contributed by atoms with Crippen molar-refractivity contribution in [2.45, 2.75) is 0 Å². The fourth-order valence-corrected chi connectivity index (χ4v) is 0. The molecule has 40 valence electrons. The van der Waals surface area contributed by atoms with Crippen molar-refractivity contribution in [1.29, 1.82) is 0 Å². The van der Waals surface area contributed by atoms with Crippen LogP contribution >= 0.6 is 0 Å². The quantitative estimate of drug-likeness (QED) is 0.339. The molecule has 0 spiro atoms. The molecule has 1 N–H and O–H groups in total. The van der Waals surface area contributed by atoms with Crippen molar-refractivity contribution in [3.63, 3.8) is 0 Å². The van der Waals surface area contributed by atoms with E-state index in [0.29, 0.717) is 0 Å². The van der Waals surface area contributed by atoms with Gasteiger partial charge in [0.05, 0.1) is 0 Å². The number of hydrogen-bond acceptors (Lipinski definition) is 4. The predicted octanol–water partition coefficient (Wildman–Crippen LogP) is -1.75. The molecular weight excluding hydrogens is 246 g/mol. The molecule has 0 atom stereocenters. The van der Waals surface area contributed by atoms with Gasteiger partial charge in [0.1, 0.15) is 0 Å². The van der Waals surface area contributed by atoms with Gasteiger partial charge in [-0.15, -0.1) is 0 Å². The average molecular weight is 247 g/mol. The van der Waals surface area contributed by atoms with Gasteiger partial charge in [0.2, 0.25) is 0 Å². The fourth-order valence-electron chi connectivity index (χ4n) is 0. The summed E-state index contributed by atoms with van der Waals surface area (Å²) < 4.78 is 21.0. The number of rotatable bonds is 1. The fraction of sp³-hybridized carbons (Fsp3) is 0. The normalized spacial score (nSPS) is 6.33. The van der Waals surface area contributed by atoms with Crippen molar-refractivity contribution >= 4 is 20.6 Å². The first-order valence-corrected chi connectivity index (χ1v) is 4.29. The summed E-state index contributed by atoms with van der Waals surface area (Å²) in [5.74, 6) is 0. The van der Waals surface area contributed by atoms with Gasteiger partial charge in [-0.05, 0) is 0 Å². The third-order valence-electron chi connectivity index (χ3n) is 0.0745. The zero-order chi connectivity index (χ0) is 4.28. The molecule has 0 fully saturated rings. The van der Waals surface area contributed by atoms with Crippen molar-refractivity contribution in [2.75, 3.05) is 0 Å². The zero-order valence-corrected chi connectivity index (χ0v) is 6.27. The van der Waals surface area contributed by atoms with E-state index in [9.17, 15) is 0 Å². The van der Waals surface area contributed by atoms with E-state index in [4.69, 9.17) is 11.8 Å². The minimum absolute atomic E-state index is 0. The molecule has 0 bridgehead atoms. The van der Waals surface area contributed by atoms with Crippen LogP contribution in [0.1, 0.15) is 0 Å². The summed E-state index contributed by atoms with van der Waals surface area (Å²) in [6.45, 7) is 0. The Morgan fingerprint density at radius 1 is 1.83 bits per heavy atom. The molecule has 6 heteroatoms. The molecule has 4 nitrogen and oxygen atoms in total. The molecular formula is HCuO4Sn. The van der Waals surface area contributed by atoms with Crippen LogP contribution in [0.25, 0.3) is 0 Å². The molecule has 0 saturated carbocycles. The average Bonchev–Trinajstić information content (AvgIpc) is 1.38. The van der Waals surface area contributed by atoms with Gasteiger partial charge in [-0.3, -0.25) is 0 Å². The van der Waals surface area contributed by atoms with Gasteiger partial charge in [-0.1, -0.05) is 0 Å². The third-order valence-corrected chi connectivity index (χ3v) is 0.500. The Hall–Kier alpha value is 0.998. The van der Waals surface area contributed by atoms with Crippen LogP contribution in [0.4, 0.5) is 0 Å². The molecule has 0 saturated heterocycles. The maximum atomic E-state index is 9.06. The Balaban J connectivity index is 0. The van der Waals surface area contributed by atoms with Crippen LogP contribution in [0.3, 0.4) is 0 Å². The monoisotopic (exact) mass is 248 g/mol. The summed E-state index contributed by atoms with van der Waals surface area (Å²) in [7, 11) is 0. The summed E-state index contributed by atoms with van der Waals surface area (Å²) in [5.41, 5.74) is 0. The van der Waals surface area contributed by atoms with Crippen LogP contribution in [0, 0.1) is 0 Å². The Morgan fingerprint density at radius 3 is 2.00 bits per heavy atom. The van der Waals surface area contributed by atoms with E-state index < -0.39 is 20.6 Å².